The van der Waals surface area contributed by atoms with Gasteiger partial charge >= 0.3 is 5.97 Å². The lowest BCUT2D eigenvalue weighted by molar-refractivity contribution is -0.148. The number of nitrogens with two attached hydrogens (primary N) is 1. The minimum atomic E-state index is -0.657. The molecule has 0 rings (SSSR count). The summed E-state index contributed by atoms with van der Waals surface area (Å²) in [4.78, 5) is 20.7. The van der Waals surface area contributed by atoms with Crippen molar-refractivity contribution in [3.05, 3.63) is 0 Å². The maximum Gasteiger partial charge on any atom is 0.308 e. The number of methoxy groups -OCH3 is 1. The van der Waals surface area contributed by atoms with E-state index >= 15 is 0 Å². The van der Waals surface area contributed by atoms with Crippen LogP contribution in [0.15, 0.2) is 0 Å². The number of ether oxygens (including phenoxy) is 2. The van der Waals surface area contributed by atoms with Crippen molar-refractivity contribution in [1.29, 1.82) is 0 Å². The van der Waals surface area contributed by atoms with Gasteiger partial charge in [0.25, 0.3) is 5.91 Å². The van der Waals surface area contributed by atoms with Gasteiger partial charge in [0.2, 0.25) is 0 Å². The SMILES string of the molecule is COCCC(=O)OCC(N)=O. The van der Waals surface area contributed by atoms with E-state index in [1.807, 2.05) is 0 Å². The Balaban J connectivity index is 3.30. The van der Waals surface area contributed by atoms with Gasteiger partial charge in [-0.1, -0.05) is 0 Å². The summed E-state index contributed by atoms with van der Waals surface area (Å²) in [5.74, 6) is -1.14. The zero-order valence-electron chi connectivity index (χ0n) is 6.33. The van der Waals surface area contributed by atoms with Crippen LogP contribution in [0.4, 0.5) is 0 Å². The fraction of sp³-hybridized carbons (Fsp3) is 0.667. The van der Waals surface area contributed by atoms with Gasteiger partial charge in [0.15, 0.2) is 6.61 Å². The van der Waals surface area contributed by atoms with E-state index in [9.17, 15) is 9.59 Å². The highest BCUT2D eigenvalue weighted by Gasteiger charge is 2.03. The van der Waals surface area contributed by atoms with Crippen molar-refractivity contribution < 1.29 is 19.1 Å². The van der Waals surface area contributed by atoms with Crippen LogP contribution in [0.5, 0.6) is 0 Å². The summed E-state index contributed by atoms with van der Waals surface area (Å²) in [6.07, 6.45) is 0.143. The molecule has 0 unspecified atom stereocenters. The molecule has 5 heteroatoms. The summed E-state index contributed by atoms with van der Waals surface area (Å²) < 4.78 is 9.01. The number of hydrogen-bond donors (Lipinski definition) is 1. The van der Waals surface area contributed by atoms with Gasteiger partial charge in [0, 0.05) is 7.11 Å². The van der Waals surface area contributed by atoms with Crippen molar-refractivity contribution in [1.82, 2.24) is 0 Å². The van der Waals surface area contributed by atoms with E-state index in [2.05, 4.69) is 9.47 Å². The van der Waals surface area contributed by atoms with Crippen LogP contribution in [0.3, 0.4) is 0 Å². The minimum absolute atomic E-state index is 0.143. The summed E-state index contributed by atoms with van der Waals surface area (Å²) in [5.41, 5.74) is 4.72. The molecule has 0 aliphatic rings. The van der Waals surface area contributed by atoms with Gasteiger partial charge < -0.3 is 15.2 Å². The van der Waals surface area contributed by atoms with E-state index in [0.717, 1.165) is 0 Å². The molecule has 0 radical (unpaired) electrons. The topological polar surface area (TPSA) is 78.6 Å². The second-order valence-electron chi connectivity index (χ2n) is 1.87. The van der Waals surface area contributed by atoms with Crippen LogP contribution in [0.25, 0.3) is 0 Å². The maximum absolute atomic E-state index is 10.6. The predicted octanol–water partition coefficient (Wildman–Crippen LogP) is -0.949. The highest BCUT2D eigenvalue weighted by molar-refractivity contribution is 5.78. The Morgan fingerprint density at radius 1 is 1.45 bits per heavy atom. The highest BCUT2D eigenvalue weighted by Crippen LogP contribution is 1.85. The molecular formula is C6H11NO4. The Bertz CT molecular complexity index is 146. The van der Waals surface area contributed by atoms with Crippen molar-refractivity contribution in [3.8, 4) is 0 Å². The van der Waals surface area contributed by atoms with E-state index in [4.69, 9.17) is 5.73 Å². The molecular weight excluding hydrogens is 150 g/mol. The van der Waals surface area contributed by atoms with Crippen LogP contribution in [0, 0.1) is 0 Å². The van der Waals surface area contributed by atoms with E-state index in [0.29, 0.717) is 0 Å². The molecule has 64 valence electrons. The summed E-state index contributed by atoms with van der Waals surface area (Å²) in [7, 11) is 1.47. The molecule has 2 N–H and O–H groups in total. The number of carbonyl (C=O) groups is 2. The Morgan fingerprint density at radius 3 is 2.55 bits per heavy atom. The molecule has 5 nitrogen and oxygen atoms in total. The molecule has 0 bridgehead atoms. The van der Waals surface area contributed by atoms with Crippen molar-refractivity contribution >= 4 is 11.9 Å². The Morgan fingerprint density at radius 2 is 2.09 bits per heavy atom. The van der Waals surface area contributed by atoms with Crippen LogP contribution < -0.4 is 5.73 Å². The summed E-state index contributed by atoms with van der Waals surface area (Å²) in [6, 6.07) is 0. The second kappa shape index (κ2) is 5.67. The third-order valence-electron chi connectivity index (χ3n) is 0.886. The molecule has 0 aliphatic heterocycles. The zero-order valence-corrected chi connectivity index (χ0v) is 6.33. The maximum atomic E-state index is 10.6. The molecule has 0 spiro atoms. The van der Waals surface area contributed by atoms with Crippen LogP contribution in [-0.2, 0) is 19.1 Å². The smallest absolute Gasteiger partial charge is 0.308 e. The summed E-state index contributed by atoms with van der Waals surface area (Å²) >= 11 is 0. The number of primary amides is 1. The lowest BCUT2D eigenvalue weighted by atomic mass is 10.5. The number of hydrogen-bond acceptors (Lipinski definition) is 4. The van der Waals surface area contributed by atoms with Crippen molar-refractivity contribution in [3.63, 3.8) is 0 Å². The first-order valence-corrected chi connectivity index (χ1v) is 3.09. The van der Waals surface area contributed by atoms with Gasteiger partial charge in [-0.2, -0.15) is 0 Å². The molecule has 0 aromatic heterocycles. The Hall–Kier alpha value is -1.10. The Labute approximate surface area is 64.5 Å². The van der Waals surface area contributed by atoms with Crippen molar-refractivity contribution in [2.24, 2.45) is 5.73 Å². The van der Waals surface area contributed by atoms with E-state index in [1.54, 1.807) is 0 Å². The van der Waals surface area contributed by atoms with Crippen LogP contribution in [0.2, 0.25) is 0 Å². The van der Waals surface area contributed by atoms with Gasteiger partial charge in [-0.3, -0.25) is 9.59 Å². The molecule has 0 saturated heterocycles. The zero-order chi connectivity index (χ0) is 8.69. The van der Waals surface area contributed by atoms with Gasteiger partial charge in [0.05, 0.1) is 13.0 Å². The predicted molar refractivity (Wildman–Crippen MR) is 36.6 cm³/mol. The average Bonchev–Trinajstić information content (AvgIpc) is 1.97. The first-order valence-electron chi connectivity index (χ1n) is 3.09. The number of amides is 1. The van der Waals surface area contributed by atoms with Crippen molar-refractivity contribution in [2.45, 2.75) is 6.42 Å². The lowest BCUT2D eigenvalue weighted by Crippen LogP contribution is -2.21. The van der Waals surface area contributed by atoms with Gasteiger partial charge in [-0.25, -0.2) is 0 Å². The molecule has 1 amide bonds. The molecule has 0 saturated carbocycles. The largest absolute Gasteiger partial charge is 0.456 e. The van der Waals surface area contributed by atoms with Crippen LogP contribution in [0.1, 0.15) is 6.42 Å². The first kappa shape index (κ1) is 9.90. The third kappa shape index (κ3) is 6.79. The first-order chi connectivity index (χ1) is 5.16. The normalized spacial score (nSPS) is 9.18. The number of carbonyl (C=O) groups excluding carboxylic acids is 2. The lowest BCUT2D eigenvalue weighted by Gasteiger charge is -2.00. The fourth-order valence-corrected chi connectivity index (χ4v) is 0.409. The monoisotopic (exact) mass is 161 g/mol. The van der Waals surface area contributed by atoms with E-state index in [-0.39, 0.29) is 19.6 Å². The number of rotatable bonds is 5. The van der Waals surface area contributed by atoms with E-state index < -0.39 is 11.9 Å². The van der Waals surface area contributed by atoms with Gasteiger partial charge in [-0.05, 0) is 0 Å². The third-order valence-corrected chi connectivity index (χ3v) is 0.886. The quantitative estimate of drug-likeness (QED) is 0.527. The summed E-state index contributed by atoms with van der Waals surface area (Å²) in [5, 5.41) is 0. The highest BCUT2D eigenvalue weighted by atomic mass is 16.5. The minimum Gasteiger partial charge on any atom is -0.456 e. The second-order valence-corrected chi connectivity index (χ2v) is 1.87. The molecule has 0 atom stereocenters. The molecule has 0 fully saturated rings. The van der Waals surface area contributed by atoms with Crippen LogP contribution in [-0.4, -0.2) is 32.2 Å². The standard InChI is InChI=1S/C6H11NO4/c1-10-3-2-6(9)11-4-5(7)8/h2-4H2,1H3,(H2,7,8). The average molecular weight is 161 g/mol. The van der Waals surface area contributed by atoms with Gasteiger partial charge in [-0.15, -0.1) is 0 Å². The molecule has 0 aromatic carbocycles. The number of esters is 1. The fourth-order valence-electron chi connectivity index (χ4n) is 0.409. The van der Waals surface area contributed by atoms with Gasteiger partial charge in [0.1, 0.15) is 0 Å². The summed E-state index contributed by atoms with van der Waals surface area (Å²) in [6.45, 7) is -0.0693. The van der Waals surface area contributed by atoms with Crippen molar-refractivity contribution in [2.75, 3.05) is 20.3 Å². The molecule has 0 aliphatic carbocycles. The molecule has 0 heterocycles. The molecule has 11 heavy (non-hydrogen) atoms. The van der Waals surface area contributed by atoms with E-state index in [1.165, 1.54) is 7.11 Å². The Kier molecular flexibility index (Phi) is 5.10. The molecule has 0 aromatic rings. The van der Waals surface area contributed by atoms with Crippen LogP contribution >= 0.6 is 0 Å².